The second-order valence-corrected chi connectivity index (χ2v) is 5.50. The number of carbonyl (C=O) groups is 1. The summed E-state index contributed by atoms with van der Waals surface area (Å²) in [7, 11) is 0. The molecule has 0 bridgehead atoms. The molecule has 1 aromatic rings. The Labute approximate surface area is 122 Å². The molecular weight excluding hydrogens is 248 g/mol. The maximum Gasteiger partial charge on any atom is 0.302 e. The van der Waals surface area contributed by atoms with E-state index in [2.05, 4.69) is 51.1 Å². The minimum absolute atomic E-state index is 0.228. The molecule has 20 heavy (non-hydrogen) atoms. The van der Waals surface area contributed by atoms with Gasteiger partial charge in [0, 0.05) is 6.92 Å². The van der Waals surface area contributed by atoms with Crippen LogP contribution in [-0.4, -0.2) is 12.6 Å². The molecule has 0 aliphatic heterocycles. The van der Waals surface area contributed by atoms with E-state index in [9.17, 15) is 4.79 Å². The standard InChI is InChI=1S/C18H26O2/c1-5-6-8-16-9-7-10-17(11-16)12-18(14(2)3)13-20-15(4)19/h7,9-12,14H,5-6,8,13H2,1-4H3. The molecule has 0 aliphatic carbocycles. The van der Waals surface area contributed by atoms with Gasteiger partial charge in [-0.1, -0.05) is 57.5 Å². The molecule has 0 unspecified atom stereocenters. The van der Waals surface area contributed by atoms with E-state index in [4.69, 9.17) is 4.74 Å². The Morgan fingerprint density at radius 1 is 1.35 bits per heavy atom. The number of hydrogen-bond donors (Lipinski definition) is 0. The van der Waals surface area contributed by atoms with Crippen molar-refractivity contribution in [2.75, 3.05) is 6.61 Å². The average molecular weight is 274 g/mol. The van der Waals surface area contributed by atoms with E-state index in [-0.39, 0.29) is 5.97 Å². The third kappa shape index (κ3) is 6.05. The van der Waals surface area contributed by atoms with Gasteiger partial charge in [0.25, 0.3) is 0 Å². The topological polar surface area (TPSA) is 26.3 Å². The van der Waals surface area contributed by atoms with Crippen LogP contribution in [0.15, 0.2) is 29.8 Å². The molecule has 110 valence electrons. The number of hydrogen-bond acceptors (Lipinski definition) is 2. The van der Waals surface area contributed by atoms with Gasteiger partial charge in [-0.05, 0) is 35.5 Å². The number of carbonyl (C=O) groups excluding carboxylic acids is 1. The number of esters is 1. The van der Waals surface area contributed by atoms with Crippen molar-refractivity contribution in [2.45, 2.75) is 47.0 Å². The van der Waals surface area contributed by atoms with E-state index in [0.29, 0.717) is 12.5 Å². The van der Waals surface area contributed by atoms with Gasteiger partial charge in [-0.2, -0.15) is 0 Å². The Bertz CT molecular complexity index is 458. The number of aryl methyl sites for hydroxylation is 1. The minimum atomic E-state index is -0.228. The van der Waals surface area contributed by atoms with E-state index in [0.717, 1.165) is 12.0 Å². The normalized spacial score (nSPS) is 11.8. The summed E-state index contributed by atoms with van der Waals surface area (Å²) in [5.74, 6) is 0.141. The lowest BCUT2D eigenvalue weighted by atomic mass is 9.99. The van der Waals surface area contributed by atoms with Crippen molar-refractivity contribution in [3.63, 3.8) is 0 Å². The van der Waals surface area contributed by atoms with E-state index >= 15 is 0 Å². The first-order valence-corrected chi connectivity index (χ1v) is 7.45. The Balaban J connectivity index is 2.84. The fourth-order valence-corrected chi connectivity index (χ4v) is 1.99. The van der Waals surface area contributed by atoms with Crippen molar-refractivity contribution in [3.05, 3.63) is 41.0 Å². The summed E-state index contributed by atoms with van der Waals surface area (Å²) in [4.78, 5) is 10.9. The summed E-state index contributed by atoms with van der Waals surface area (Å²) in [6, 6.07) is 8.60. The first-order valence-electron chi connectivity index (χ1n) is 7.45. The summed E-state index contributed by atoms with van der Waals surface area (Å²) >= 11 is 0. The fraction of sp³-hybridized carbons (Fsp3) is 0.500. The van der Waals surface area contributed by atoms with Crippen LogP contribution in [0, 0.1) is 5.92 Å². The Hall–Kier alpha value is -1.57. The van der Waals surface area contributed by atoms with E-state index in [1.54, 1.807) is 0 Å². The van der Waals surface area contributed by atoms with Crippen molar-refractivity contribution in [2.24, 2.45) is 5.92 Å². The molecule has 0 heterocycles. The summed E-state index contributed by atoms with van der Waals surface area (Å²) in [6.07, 6.45) is 5.70. The Kier molecular flexibility index (Phi) is 7.06. The van der Waals surface area contributed by atoms with Gasteiger partial charge in [0.05, 0.1) is 0 Å². The Morgan fingerprint density at radius 2 is 2.10 bits per heavy atom. The molecule has 0 atom stereocenters. The van der Waals surface area contributed by atoms with E-state index in [1.807, 2.05) is 0 Å². The molecule has 0 amide bonds. The highest BCUT2D eigenvalue weighted by Gasteiger charge is 2.06. The molecule has 2 nitrogen and oxygen atoms in total. The van der Waals surface area contributed by atoms with Crippen LogP contribution in [0.5, 0.6) is 0 Å². The first-order chi connectivity index (χ1) is 9.52. The molecule has 0 N–H and O–H groups in total. The van der Waals surface area contributed by atoms with Crippen LogP contribution >= 0.6 is 0 Å². The summed E-state index contributed by atoms with van der Waals surface area (Å²) in [5.41, 5.74) is 3.71. The monoisotopic (exact) mass is 274 g/mol. The summed E-state index contributed by atoms with van der Waals surface area (Å²) < 4.78 is 5.13. The lowest BCUT2D eigenvalue weighted by molar-refractivity contribution is -0.140. The smallest absolute Gasteiger partial charge is 0.302 e. The molecule has 0 spiro atoms. The second-order valence-electron chi connectivity index (χ2n) is 5.50. The third-order valence-electron chi connectivity index (χ3n) is 3.31. The number of unbranched alkanes of at least 4 members (excludes halogenated alkanes) is 1. The van der Waals surface area contributed by atoms with Gasteiger partial charge in [-0.3, -0.25) is 4.79 Å². The minimum Gasteiger partial charge on any atom is -0.461 e. The maximum atomic E-state index is 10.9. The van der Waals surface area contributed by atoms with Crippen molar-refractivity contribution in [1.29, 1.82) is 0 Å². The van der Waals surface area contributed by atoms with Crippen LogP contribution in [0.4, 0.5) is 0 Å². The zero-order chi connectivity index (χ0) is 15.0. The third-order valence-corrected chi connectivity index (χ3v) is 3.31. The van der Waals surface area contributed by atoms with Gasteiger partial charge in [-0.15, -0.1) is 0 Å². The molecule has 0 radical (unpaired) electrons. The van der Waals surface area contributed by atoms with Crippen LogP contribution in [0.3, 0.4) is 0 Å². The van der Waals surface area contributed by atoms with Gasteiger partial charge in [-0.25, -0.2) is 0 Å². The molecule has 0 aliphatic rings. The van der Waals surface area contributed by atoms with Gasteiger partial charge < -0.3 is 4.74 Å². The van der Waals surface area contributed by atoms with E-state index < -0.39 is 0 Å². The largest absolute Gasteiger partial charge is 0.461 e. The zero-order valence-corrected chi connectivity index (χ0v) is 13.1. The molecule has 0 saturated heterocycles. The Morgan fingerprint density at radius 3 is 2.70 bits per heavy atom. The highest BCUT2D eigenvalue weighted by molar-refractivity contribution is 5.66. The van der Waals surface area contributed by atoms with Crippen LogP contribution in [-0.2, 0) is 16.0 Å². The van der Waals surface area contributed by atoms with Crippen molar-refractivity contribution >= 4 is 12.0 Å². The molecule has 0 fully saturated rings. The number of rotatable bonds is 7. The first kappa shape index (κ1) is 16.5. The van der Waals surface area contributed by atoms with Gasteiger partial charge in [0.15, 0.2) is 0 Å². The summed E-state index contributed by atoms with van der Waals surface area (Å²) in [6.45, 7) is 8.28. The molecule has 2 heteroatoms. The lowest BCUT2D eigenvalue weighted by Crippen LogP contribution is -2.07. The predicted molar refractivity (Wildman–Crippen MR) is 84.5 cm³/mol. The predicted octanol–water partition coefficient (Wildman–Crippen LogP) is 4.63. The average Bonchev–Trinajstić information content (AvgIpc) is 2.41. The van der Waals surface area contributed by atoms with Gasteiger partial charge in [0.2, 0.25) is 0 Å². The fourth-order valence-electron chi connectivity index (χ4n) is 1.99. The summed E-state index contributed by atoms with van der Waals surface area (Å²) in [5, 5.41) is 0. The van der Waals surface area contributed by atoms with Crippen LogP contribution in [0.2, 0.25) is 0 Å². The van der Waals surface area contributed by atoms with E-state index in [1.165, 1.54) is 30.9 Å². The highest BCUT2D eigenvalue weighted by Crippen LogP contribution is 2.17. The number of ether oxygens (including phenoxy) is 1. The van der Waals surface area contributed by atoms with Crippen LogP contribution in [0.1, 0.15) is 51.7 Å². The van der Waals surface area contributed by atoms with Crippen molar-refractivity contribution < 1.29 is 9.53 Å². The quantitative estimate of drug-likeness (QED) is 0.677. The molecule has 1 rings (SSSR count). The maximum absolute atomic E-state index is 10.9. The van der Waals surface area contributed by atoms with Gasteiger partial charge in [0.1, 0.15) is 6.61 Å². The second kappa shape index (κ2) is 8.57. The van der Waals surface area contributed by atoms with Crippen LogP contribution in [0.25, 0.3) is 6.08 Å². The highest BCUT2D eigenvalue weighted by atomic mass is 16.5. The van der Waals surface area contributed by atoms with Crippen molar-refractivity contribution in [3.8, 4) is 0 Å². The zero-order valence-electron chi connectivity index (χ0n) is 13.1. The SMILES string of the molecule is CCCCc1cccc(C=C(COC(C)=O)C(C)C)c1. The molecule has 0 saturated carbocycles. The van der Waals surface area contributed by atoms with Crippen LogP contribution < -0.4 is 0 Å². The molecule has 1 aromatic carbocycles. The van der Waals surface area contributed by atoms with Gasteiger partial charge >= 0.3 is 5.97 Å². The molecular formula is C18H26O2. The lowest BCUT2D eigenvalue weighted by Gasteiger charge is -2.12. The number of benzene rings is 1. The molecule has 0 aromatic heterocycles. The van der Waals surface area contributed by atoms with Crippen molar-refractivity contribution in [1.82, 2.24) is 0 Å².